The first kappa shape index (κ1) is 16.5. The first-order valence-electron chi connectivity index (χ1n) is 7.71. The first-order valence-corrected chi connectivity index (χ1v) is 7.71. The topological polar surface area (TPSA) is 108 Å². The number of benzene rings is 1. The van der Waals surface area contributed by atoms with E-state index in [0.717, 1.165) is 0 Å². The van der Waals surface area contributed by atoms with E-state index in [1.807, 2.05) is 13.0 Å². The van der Waals surface area contributed by atoms with Gasteiger partial charge in [-0.2, -0.15) is 9.97 Å². The summed E-state index contributed by atoms with van der Waals surface area (Å²) in [6.07, 6.45) is 1.46. The normalized spacial score (nSPS) is 10.5. The maximum atomic E-state index is 12.6. The van der Waals surface area contributed by atoms with Crippen molar-refractivity contribution in [2.45, 2.75) is 20.8 Å². The predicted molar refractivity (Wildman–Crippen MR) is 89.8 cm³/mol. The molecule has 3 rings (SSSR count). The molecule has 0 aliphatic carbocycles. The molecule has 1 aromatic carbocycles. The van der Waals surface area contributed by atoms with Gasteiger partial charge in [0.05, 0.1) is 29.4 Å². The van der Waals surface area contributed by atoms with Crippen LogP contribution in [0.25, 0.3) is 5.69 Å². The third kappa shape index (κ3) is 3.60. The molecule has 2 heterocycles. The molecule has 25 heavy (non-hydrogen) atoms. The molecule has 0 aliphatic rings. The van der Waals surface area contributed by atoms with Crippen molar-refractivity contribution in [3.05, 3.63) is 47.5 Å². The van der Waals surface area contributed by atoms with Gasteiger partial charge in [0.2, 0.25) is 0 Å². The average Bonchev–Trinajstić information content (AvgIpc) is 3.13. The van der Waals surface area contributed by atoms with Crippen molar-refractivity contribution >= 4 is 11.6 Å². The van der Waals surface area contributed by atoms with Crippen LogP contribution in [0, 0.1) is 13.8 Å². The quantitative estimate of drug-likeness (QED) is 0.754. The summed E-state index contributed by atoms with van der Waals surface area (Å²) in [5.41, 5.74) is 3.01. The Balaban J connectivity index is 1.84. The predicted octanol–water partition coefficient (Wildman–Crippen LogP) is 1.72. The number of ether oxygens (including phenoxy) is 1. The molecule has 9 heteroatoms. The fourth-order valence-corrected chi connectivity index (χ4v) is 2.32. The van der Waals surface area contributed by atoms with Crippen LogP contribution in [0.2, 0.25) is 0 Å². The highest BCUT2D eigenvalue weighted by Crippen LogP contribution is 2.21. The summed E-state index contributed by atoms with van der Waals surface area (Å²) in [6.45, 7) is 5.94. The summed E-state index contributed by atoms with van der Waals surface area (Å²) in [4.78, 5) is 21.1. The SMILES string of the molecule is CCOc1nc(C)c(NC(=O)c2cccc(-n3cnnn3)c2)c(C)n1. The maximum absolute atomic E-state index is 12.6. The molecular weight excluding hydrogens is 322 g/mol. The van der Waals surface area contributed by atoms with Crippen molar-refractivity contribution in [1.82, 2.24) is 30.2 Å². The third-order valence-corrected chi connectivity index (χ3v) is 3.48. The van der Waals surface area contributed by atoms with Crippen molar-refractivity contribution in [2.75, 3.05) is 11.9 Å². The second kappa shape index (κ2) is 7.04. The lowest BCUT2D eigenvalue weighted by molar-refractivity contribution is 0.102. The molecule has 0 fully saturated rings. The van der Waals surface area contributed by atoms with Gasteiger partial charge < -0.3 is 10.1 Å². The zero-order chi connectivity index (χ0) is 17.8. The zero-order valence-corrected chi connectivity index (χ0v) is 14.1. The average molecular weight is 339 g/mol. The van der Waals surface area contributed by atoms with Crippen LogP contribution >= 0.6 is 0 Å². The largest absolute Gasteiger partial charge is 0.464 e. The van der Waals surface area contributed by atoms with Gasteiger partial charge in [-0.1, -0.05) is 6.07 Å². The van der Waals surface area contributed by atoms with E-state index < -0.39 is 0 Å². The minimum absolute atomic E-state index is 0.270. The third-order valence-electron chi connectivity index (χ3n) is 3.48. The lowest BCUT2D eigenvalue weighted by Gasteiger charge is -2.12. The Morgan fingerprint density at radius 3 is 2.64 bits per heavy atom. The number of tetrazole rings is 1. The highest BCUT2D eigenvalue weighted by Gasteiger charge is 2.14. The molecule has 0 unspecified atom stereocenters. The number of carbonyl (C=O) groups is 1. The number of amides is 1. The van der Waals surface area contributed by atoms with E-state index in [4.69, 9.17) is 4.74 Å². The van der Waals surface area contributed by atoms with Gasteiger partial charge in [-0.15, -0.1) is 5.10 Å². The summed E-state index contributed by atoms with van der Waals surface area (Å²) < 4.78 is 6.79. The van der Waals surface area contributed by atoms with Crippen LogP contribution in [0.3, 0.4) is 0 Å². The van der Waals surface area contributed by atoms with Gasteiger partial charge in [0.15, 0.2) is 0 Å². The highest BCUT2D eigenvalue weighted by atomic mass is 16.5. The maximum Gasteiger partial charge on any atom is 0.316 e. The number of rotatable bonds is 5. The Morgan fingerprint density at radius 1 is 1.24 bits per heavy atom. The van der Waals surface area contributed by atoms with Crippen molar-refractivity contribution in [2.24, 2.45) is 0 Å². The Kier molecular flexibility index (Phi) is 4.64. The van der Waals surface area contributed by atoms with Crippen LogP contribution in [0.15, 0.2) is 30.6 Å². The molecule has 2 aromatic heterocycles. The molecule has 9 nitrogen and oxygen atoms in total. The summed E-state index contributed by atoms with van der Waals surface area (Å²) in [5.74, 6) is -0.270. The second-order valence-electron chi connectivity index (χ2n) is 5.24. The molecule has 0 radical (unpaired) electrons. The monoisotopic (exact) mass is 339 g/mol. The number of aryl methyl sites for hydroxylation is 2. The zero-order valence-electron chi connectivity index (χ0n) is 14.1. The van der Waals surface area contributed by atoms with Gasteiger partial charge in [0, 0.05) is 5.56 Å². The van der Waals surface area contributed by atoms with E-state index in [9.17, 15) is 4.79 Å². The van der Waals surface area contributed by atoms with Gasteiger partial charge in [-0.25, -0.2) is 4.68 Å². The van der Waals surface area contributed by atoms with E-state index in [0.29, 0.717) is 40.9 Å². The molecule has 0 saturated heterocycles. The molecule has 0 atom stereocenters. The number of aromatic nitrogens is 6. The number of anilines is 1. The molecule has 0 saturated carbocycles. The summed E-state index contributed by atoms with van der Waals surface area (Å²) >= 11 is 0. The van der Waals surface area contributed by atoms with Crippen LogP contribution in [0.4, 0.5) is 5.69 Å². The van der Waals surface area contributed by atoms with E-state index in [-0.39, 0.29) is 5.91 Å². The van der Waals surface area contributed by atoms with Crippen molar-refractivity contribution < 1.29 is 9.53 Å². The van der Waals surface area contributed by atoms with E-state index >= 15 is 0 Å². The fraction of sp³-hybridized carbons (Fsp3) is 0.250. The summed E-state index contributed by atoms with van der Waals surface area (Å²) in [6, 6.07) is 7.29. The fourth-order valence-electron chi connectivity index (χ4n) is 2.32. The molecular formula is C16H17N7O2. The lowest BCUT2D eigenvalue weighted by Crippen LogP contribution is -2.16. The van der Waals surface area contributed by atoms with Crippen LogP contribution < -0.4 is 10.1 Å². The van der Waals surface area contributed by atoms with Crippen LogP contribution in [0.1, 0.15) is 28.7 Å². The molecule has 1 N–H and O–H groups in total. The van der Waals surface area contributed by atoms with Crippen LogP contribution in [-0.2, 0) is 0 Å². The lowest BCUT2D eigenvalue weighted by atomic mass is 10.1. The number of carbonyl (C=O) groups excluding carboxylic acids is 1. The summed E-state index contributed by atoms with van der Waals surface area (Å²) in [7, 11) is 0. The Morgan fingerprint density at radius 2 is 2.00 bits per heavy atom. The molecule has 128 valence electrons. The van der Waals surface area contributed by atoms with Crippen molar-refractivity contribution in [3.8, 4) is 11.7 Å². The standard InChI is InChI=1S/C16H17N7O2/c1-4-25-16-18-10(2)14(11(3)19-16)20-15(24)12-6-5-7-13(8-12)23-9-17-21-22-23/h5-9H,4H2,1-3H3,(H,20,24). The van der Waals surface area contributed by atoms with E-state index in [2.05, 4.69) is 30.8 Å². The molecule has 0 spiro atoms. The minimum Gasteiger partial charge on any atom is -0.464 e. The van der Waals surface area contributed by atoms with E-state index in [1.165, 1.54) is 11.0 Å². The van der Waals surface area contributed by atoms with Crippen molar-refractivity contribution in [3.63, 3.8) is 0 Å². The molecule has 0 aliphatic heterocycles. The van der Waals surface area contributed by atoms with Crippen LogP contribution in [0.5, 0.6) is 6.01 Å². The van der Waals surface area contributed by atoms with Crippen molar-refractivity contribution in [1.29, 1.82) is 0 Å². The summed E-state index contributed by atoms with van der Waals surface area (Å²) in [5, 5.41) is 13.9. The molecule has 0 bridgehead atoms. The highest BCUT2D eigenvalue weighted by molar-refractivity contribution is 6.05. The number of hydrogen-bond acceptors (Lipinski definition) is 7. The molecule has 3 aromatic rings. The number of hydrogen-bond donors (Lipinski definition) is 1. The van der Waals surface area contributed by atoms with Gasteiger partial charge >= 0.3 is 6.01 Å². The van der Waals surface area contributed by atoms with Gasteiger partial charge in [-0.05, 0) is 49.4 Å². The van der Waals surface area contributed by atoms with Gasteiger partial charge in [-0.3, -0.25) is 4.79 Å². The number of nitrogens with zero attached hydrogens (tertiary/aromatic N) is 6. The first-order chi connectivity index (χ1) is 12.1. The number of nitrogens with one attached hydrogen (secondary N) is 1. The molecule has 1 amide bonds. The van der Waals surface area contributed by atoms with Gasteiger partial charge in [0.1, 0.15) is 6.33 Å². The Labute approximate surface area is 144 Å². The second-order valence-corrected chi connectivity index (χ2v) is 5.24. The Hall–Kier alpha value is -3.36. The smallest absolute Gasteiger partial charge is 0.316 e. The van der Waals surface area contributed by atoms with Gasteiger partial charge in [0.25, 0.3) is 5.91 Å². The minimum atomic E-state index is -0.270. The van der Waals surface area contributed by atoms with Crippen LogP contribution in [-0.4, -0.2) is 42.7 Å². The van der Waals surface area contributed by atoms with E-state index in [1.54, 1.807) is 32.0 Å². The Bertz CT molecular complexity index is 870.